The lowest BCUT2D eigenvalue weighted by atomic mass is 9.81. The Balaban J connectivity index is 1.88. The van der Waals surface area contributed by atoms with Crippen LogP contribution in [0.2, 0.25) is 0 Å². The van der Waals surface area contributed by atoms with Gasteiger partial charge in [0.05, 0.1) is 0 Å². The standard InChI is InChI=1S/C16H22F2N2/c17-13-6-4-7-14(18)15(13)20-11-5-10-19-16(12-20)8-2-1-3-9-16/h4,6-7,19H,1-3,5,8-12H2. The third-order valence-corrected chi connectivity index (χ3v) is 4.66. The molecule has 0 aromatic heterocycles. The molecule has 1 aliphatic carbocycles. The fourth-order valence-corrected chi connectivity index (χ4v) is 3.67. The number of nitrogens with one attached hydrogen (secondary N) is 1. The molecule has 1 saturated carbocycles. The van der Waals surface area contributed by atoms with Crippen molar-refractivity contribution in [1.82, 2.24) is 5.32 Å². The number of nitrogens with zero attached hydrogens (tertiary/aromatic N) is 1. The molecule has 1 aliphatic heterocycles. The summed E-state index contributed by atoms with van der Waals surface area (Å²) in [5, 5.41) is 3.65. The molecule has 4 heteroatoms. The summed E-state index contributed by atoms with van der Waals surface area (Å²) < 4.78 is 28.0. The van der Waals surface area contributed by atoms with Crippen LogP contribution in [0.5, 0.6) is 0 Å². The molecule has 2 fully saturated rings. The first-order valence-electron chi connectivity index (χ1n) is 7.64. The quantitative estimate of drug-likeness (QED) is 0.847. The van der Waals surface area contributed by atoms with Crippen molar-refractivity contribution in [2.75, 3.05) is 24.5 Å². The number of para-hydroxylation sites is 1. The van der Waals surface area contributed by atoms with Crippen LogP contribution in [0.25, 0.3) is 0 Å². The molecule has 0 radical (unpaired) electrons. The first kappa shape index (κ1) is 13.8. The molecule has 1 spiro atoms. The molecule has 0 amide bonds. The normalized spacial score (nSPS) is 22.8. The van der Waals surface area contributed by atoms with Crippen molar-refractivity contribution in [3.63, 3.8) is 0 Å². The molecule has 0 unspecified atom stereocenters. The van der Waals surface area contributed by atoms with Gasteiger partial charge in [-0.3, -0.25) is 0 Å². The van der Waals surface area contributed by atoms with Crippen LogP contribution in [-0.2, 0) is 0 Å². The van der Waals surface area contributed by atoms with E-state index in [-0.39, 0.29) is 11.2 Å². The first-order chi connectivity index (χ1) is 9.70. The van der Waals surface area contributed by atoms with Gasteiger partial charge in [-0.15, -0.1) is 0 Å². The fourth-order valence-electron chi connectivity index (χ4n) is 3.67. The Morgan fingerprint density at radius 1 is 1.00 bits per heavy atom. The lowest BCUT2D eigenvalue weighted by molar-refractivity contribution is 0.246. The summed E-state index contributed by atoms with van der Waals surface area (Å²) in [6.45, 7) is 2.37. The van der Waals surface area contributed by atoms with Gasteiger partial charge in [0.25, 0.3) is 0 Å². The maximum Gasteiger partial charge on any atom is 0.149 e. The van der Waals surface area contributed by atoms with Crippen molar-refractivity contribution in [2.24, 2.45) is 0 Å². The molecular formula is C16H22F2N2. The Labute approximate surface area is 119 Å². The highest BCUT2D eigenvalue weighted by atomic mass is 19.1. The Kier molecular flexibility index (Phi) is 3.92. The second-order valence-electron chi connectivity index (χ2n) is 6.11. The molecule has 1 aromatic rings. The van der Waals surface area contributed by atoms with E-state index in [0.29, 0.717) is 13.1 Å². The van der Waals surface area contributed by atoms with E-state index in [2.05, 4.69) is 5.32 Å². The van der Waals surface area contributed by atoms with E-state index in [0.717, 1.165) is 25.8 Å². The van der Waals surface area contributed by atoms with E-state index in [1.807, 2.05) is 4.90 Å². The van der Waals surface area contributed by atoms with Crippen molar-refractivity contribution >= 4 is 5.69 Å². The molecule has 2 aliphatic rings. The van der Waals surface area contributed by atoms with Gasteiger partial charge >= 0.3 is 0 Å². The van der Waals surface area contributed by atoms with E-state index < -0.39 is 11.6 Å². The number of benzene rings is 1. The van der Waals surface area contributed by atoms with Gasteiger partial charge in [0.1, 0.15) is 17.3 Å². The van der Waals surface area contributed by atoms with Crippen molar-refractivity contribution in [3.05, 3.63) is 29.8 Å². The van der Waals surface area contributed by atoms with E-state index >= 15 is 0 Å². The zero-order chi connectivity index (χ0) is 14.0. The fraction of sp³-hybridized carbons (Fsp3) is 0.625. The van der Waals surface area contributed by atoms with Gasteiger partial charge in [-0.25, -0.2) is 8.78 Å². The largest absolute Gasteiger partial charge is 0.365 e. The van der Waals surface area contributed by atoms with Crippen LogP contribution in [0.1, 0.15) is 38.5 Å². The van der Waals surface area contributed by atoms with Crippen LogP contribution >= 0.6 is 0 Å². The molecule has 1 N–H and O–H groups in total. The molecule has 1 aromatic carbocycles. The predicted octanol–water partition coefficient (Wildman–Crippen LogP) is 3.47. The second kappa shape index (κ2) is 5.68. The third-order valence-electron chi connectivity index (χ3n) is 4.66. The average Bonchev–Trinajstić information content (AvgIpc) is 2.63. The van der Waals surface area contributed by atoms with Gasteiger partial charge in [0.2, 0.25) is 0 Å². The van der Waals surface area contributed by atoms with Gasteiger partial charge in [-0.2, -0.15) is 0 Å². The van der Waals surface area contributed by atoms with E-state index in [4.69, 9.17) is 0 Å². The Hall–Kier alpha value is -1.16. The molecular weight excluding hydrogens is 258 g/mol. The van der Waals surface area contributed by atoms with Crippen molar-refractivity contribution in [1.29, 1.82) is 0 Å². The van der Waals surface area contributed by atoms with Gasteiger partial charge in [-0.05, 0) is 37.9 Å². The summed E-state index contributed by atoms with van der Waals surface area (Å²) in [5.41, 5.74) is 0.199. The van der Waals surface area contributed by atoms with Crippen LogP contribution in [0.15, 0.2) is 18.2 Å². The number of hydrogen-bond acceptors (Lipinski definition) is 2. The Bertz CT molecular complexity index is 449. The smallest absolute Gasteiger partial charge is 0.149 e. The molecule has 0 atom stereocenters. The van der Waals surface area contributed by atoms with Crippen LogP contribution in [0, 0.1) is 11.6 Å². The number of anilines is 1. The zero-order valence-corrected chi connectivity index (χ0v) is 11.8. The molecule has 1 saturated heterocycles. The van der Waals surface area contributed by atoms with Crippen molar-refractivity contribution in [2.45, 2.75) is 44.1 Å². The molecule has 20 heavy (non-hydrogen) atoms. The Morgan fingerprint density at radius 3 is 2.40 bits per heavy atom. The minimum atomic E-state index is -0.446. The topological polar surface area (TPSA) is 15.3 Å². The van der Waals surface area contributed by atoms with Crippen LogP contribution in [-0.4, -0.2) is 25.2 Å². The summed E-state index contributed by atoms with van der Waals surface area (Å²) >= 11 is 0. The zero-order valence-electron chi connectivity index (χ0n) is 11.8. The van der Waals surface area contributed by atoms with Gasteiger partial charge in [-0.1, -0.05) is 25.3 Å². The minimum Gasteiger partial charge on any atom is -0.365 e. The number of rotatable bonds is 1. The summed E-state index contributed by atoms with van der Waals surface area (Å²) in [6, 6.07) is 4.13. The molecule has 1 heterocycles. The highest BCUT2D eigenvalue weighted by Crippen LogP contribution is 2.33. The Morgan fingerprint density at radius 2 is 1.70 bits per heavy atom. The predicted molar refractivity (Wildman–Crippen MR) is 77.0 cm³/mol. The second-order valence-corrected chi connectivity index (χ2v) is 6.11. The third kappa shape index (κ3) is 2.66. The number of hydrogen-bond donors (Lipinski definition) is 1. The van der Waals surface area contributed by atoms with Crippen molar-refractivity contribution in [3.8, 4) is 0 Å². The highest BCUT2D eigenvalue weighted by molar-refractivity contribution is 5.50. The SMILES string of the molecule is Fc1cccc(F)c1N1CCCNC2(CCCCC2)C1. The van der Waals surface area contributed by atoms with Crippen LogP contribution in [0.3, 0.4) is 0 Å². The van der Waals surface area contributed by atoms with Gasteiger partial charge in [0.15, 0.2) is 0 Å². The molecule has 110 valence electrons. The average molecular weight is 280 g/mol. The summed E-state index contributed by atoms with van der Waals surface area (Å²) in [4.78, 5) is 1.91. The summed E-state index contributed by atoms with van der Waals surface area (Å²) in [7, 11) is 0. The van der Waals surface area contributed by atoms with Crippen LogP contribution < -0.4 is 10.2 Å². The summed E-state index contributed by atoms with van der Waals surface area (Å²) in [6.07, 6.45) is 6.84. The van der Waals surface area contributed by atoms with Crippen LogP contribution in [0.4, 0.5) is 14.5 Å². The maximum absolute atomic E-state index is 14.0. The number of halogens is 2. The molecule has 2 nitrogen and oxygen atoms in total. The van der Waals surface area contributed by atoms with Crippen molar-refractivity contribution < 1.29 is 8.78 Å². The lowest BCUT2D eigenvalue weighted by Crippen LogP contribution is -2.53. The molecule has 0 bridgehead atoms. The lowest BCUT2D eigenvalue weighted by Gasteiger charge is -2.40. The van der Waals surface area contributed by atoms with E-state index in [1.54, 1.807) is 0 Å². The minimum absolute atomic E-state index is 0.0451. The monoisotopic (exact) mass is 280 g/mol. The maximum atomic E-state index is 14.0. The van der Waals surface area contributed by atoms with E-state index in [9.17, 15) is 8.78 Å². The summed E-state index contributed by atoms with van der Waals surface area (Å²) in [5.74, 6) is -0.893. The van der Waals surface area contributed by atoms with Gasteiger partial charge in [0, 0.05) is 18.6 Å². The first-order valence-corrected chi connectivity index (χ1v) is 7.64. The highest BCUT2D eigenvalue weighted by Gasteiger charge is 2.36. The molecule has 3 rings (SSSR count). The van der Waals surface area contributed by atoms with Gasteiger partial charge < -0.3 is 10.2 Å². The van der Waals surface area contributed by atoms with E-state index in [1.165, 1.54) is 37.5 Å².